The Morgan fingerprint density at radius 2 is 1.50 bits per heavy atom. The van der Waals surface area contributed by atoms with Crippen LogP contribution in [0.1, 0.15) is 0 Å². The Kier molecular flexibility index (Phi) is 1.65. The lowest BCUT2D eigenvalue weighted by Gasteiger charge is -2.22. The SMILES string of the molecule is CP1Oc2cccc3cccc(c23)O1. The standard InChI is InChI=1S/C11H9O2P/c1-14-12-9-6-2-4-8-5-3-7-10(13-14)11(8)9/h2-7H,1H3. The molecule has 14 heavy (non-hydrogen) atoms. The molecule has 1 heterocycles. The lowest BCUT2D eigenvalue weighted by atomic mass is 10.1. The summed E-state index contributed by atoms with van der Waals surface area (Å²) in [5.74, 6) is 1.89. The van der Waals surface area contributed by atoms with Gasteiger partial charge < -0.3 is 9.05 Å². The highest BCUT2D eigenvalue weighted by molar-refractivity contribution is 7.47. The van der Waals surface area contributed by atoms with E-state index in [-0.39, 0.29) is 0 Å². The van der Waals surface area contributed by atoms with Crippen molar-refractivity contribution in [2.45, 2.75) is 0 Å². The summed E-state index contributed by atoms with van der Waals surface area (Å²) in [6.07, 6.45) is 0. The summed E-state index contributed by atoms with van der Waals surface area (Å²) < 4.78 is 11.3. The fraction of sp³-hybridized carbons (Fsp3) is 0.0909. The molecule has 0 amide bonds. The molecule has 70 valence electrons. The van der Waals surface area contributed by atoms with Gasteiger partial charge in [-0.15, -0.1) is 0 Å². The summed E-state index contributed by atoms with van der Waals surface area (Å²) in [4.78, 5) is 0. The molecule has 0 saturated heterocycles. The van der Waals surface area contributed by atoms with Crippen molar-refractivity contribution in [2.24, 2.45) is 0 Å². The van der Waals surface area contributed by atoms with Gasteiger partial charge in [-0.05, 0) is 17.5 Å². The molecule has 1 aliphatic rings. The highest BCUT2D eigenvalue weighted by atomic mass is 31.2. The van der Waals surface area contributed by atoms with Crippen LogP contribution in [0, 0.1) is 0 Å². The molecule has 0 unspecified atom stereocenters. The number of rotatable bonds is 0. The van der Waals surface area contributed by atoms with E-state index in [0.29, 0.717) is 0 Å². The van der Waals surface area contributed by atoms with Gasteiger partial charge in [0.15, 0.2) is 0 Å². The van der Waals surface area contributed by atoms with E-state index in [9.17, 15) is 0 Å². The van der Waals surface area contributed by atoms with Gasteiger partial charge in [0.05, 0.1) is 5.39 Å². The number of hydrogen-bond donors (Lipinski definition) is 0. The molecule has 0 fully saturated rings. The zero-order valence-electron chi connectivity index (χ0n) is 7.73. The maximum absolute atomic E-state index is 5.65. The molecule has 0 atom stereocenters. The third-order valence-corrected chi connectivity index (χ3v) is 3.19. The highest BCUT2D eigenvalue weighted by Gasteiger charge is 2.19. The van der Waals surface area contributed by atoms with Gasteiger partial charge in [-0.25, -0.2) is 0 Å². The molecule has 0 aliphatic carbocycles. The molecule has 0 spiro atoms. The normalized spacial score (nSPS) is 14.9. The first kappa shape index (κ1) is 8.07. The van der Waals surface area contributed by atoms with Gasteiger partial charge in [0, 0.05) is 6.66 Å². The highest BCUT2D eigenvalue weighted by Crippen LogP contribution is 2.48. The molecule has 3 heteroatoms. The molecule has 2 aromatic rings. The molecule has 2 aromatic carbocycles. The topological polar surface area (TPSA) is 18.5 Å². The predicted molar refractivity (Wildman–Crippen MR) is 58.0 cm³/mol. The minimum absolute atomic E-state index is 0.804. The third-order valence-electron chi connectivity index (χ3n) is 2.28. The minimum Gasteiger partial charge on any atom is -0.438 e. The quantitative estimate of drug-likeness (QED) is 0.611. The van der Waals surface area contributed by atoms with Crippen molar-refractivity contribution >= 4 is 19.1 Å². The average Bonchev–Trinajstić information content (AvgIpc) is 2.18. The summed E-state index contributed by atoms with van der Waals surface area (Å²) in [5, 5.41) is 2.26. The Labute approximate surface area is 83.4 Å². The maximum atomic E-state index is 5.65. The summed E-state index contributed by atoms with van der Waals surface area (Å²) in [6.45, 7) is 1.96. The van der Waals surface area contributed by atoms with Crippen LogP contribution in [0.2, 0.25) is 0 Å². The molecule has 1 aliphatic heterocycles. The molecular formula is C11H9O2P. The maximum Gasteiger partial charge on any atom is 0.287 e. The predicted octanol–water partition coefficient (Wildman–Crippen LogP) is 3.55. The van der Waals surface area contributed by atoms with Crippen LogP contribution in [0.4, 0.5) is 0 Å². The fourth-order valence-corrected chi connectivity index (χ4v) is 2.62. The second kappa shape index (κ2) is 2.86. The lowest BCUT2D eigenvalue weighted by Crippen LogP contribution is -2.00. The molecule has 2 nitrogen and oxygen atoms in total. The van der Waals surface area contributed by atoms with Gasteiger partial charge in [-0.2, -0.15) is 0 Å². The van der Waals surface area contributed by atoms with E-state index in [1.54, 1.807) is 0 Å². The lowest BCUT2D eigenvalue weighted by molar-refractivity contribution is 0.485. The average molecular weight is 204 g/mol. The Morgan fingerprint density at radius 3 is 2.07 bits per heavy atom. The van der Waals surface area contributed by atoms with Crippen molar-refractivity contribution in [2.75, 3.05) is 6.66 Å². The minimum atomic E-state index is -0.804. The molecule has 0 radical (unpaired) electrons. The van der Waals surface area contributed by atoms with Crippen molar-refractivity contribution in [1.29, 1.82) is 0 Å². The third kappa shape index (κ3) is 1.08. The van der Waals surface area contributed by atoms with Gasteiger partial charge in [-0.3, -0.25) is 0 Å². The first-order chi connectivity index (χ1) is 6.84. The van der Waals surface area contributed by atoms with Crippen LogP contribution >= 0.6 is 8.38 Å². The largest absolute Gasteiger partial charge is 0.438 e. The Hall–Kier alpha value is -1.27. The van der Waals surface area contributed by atoms with Crippen LogP contribution in [0.5, 0.6) is 11.5 Å². The Bertz CT molecular complexity index is 455. The van der Waals surface area contributed by atoms with Crippen molar-refractivity contribution in [3.63, 3.8) is 0 Å². The van der Waals surface area contributed by atoms with E-state index < -0.39 is 8.38 Å². The van der Waals surface area contributed by atoms with Gasteiger partial charge in [0.25, 0.3) is 8.38 Å². The van der Waals surface area contributed by atoms with Gasteiger partial charge >= 0.3 is 0 Å². The van der Waals surface area contributed by atoms with Crippen LogP contribution < -0.4 is 9.05 Å². The van der Waals surface area contributed by atoms with Gasteiger partial charge in [0.1, 0.15) is 11.5 Å². The van der Waals surface area contributed by atoms with Crippen molar-refractivity contribution in [1.82, 2.24) is 0 Å². The van der Waals surface area contributed by atoms with Crippen LogP contribution in [-0.4, -0.2) is 6.66 Å². The second-order valence-corrected chi connectivity index (χ2v) is 4.48. The zero-order chi connectivity index (χ0) is 9.54. The summed E-state index contributed by atoms with van der Waals surface area (Å²) in [7, 11) is -0.804. The fourth-order valence-electron chi connectivity index (χ4n) is 1.72. The first-order valence-corrected chi connectivity index (χ1v) is 6.08. The second-order valence-electron chi connectivity index (χ2n) is 3.23. The smallest absolute Gasteiger partial charge is 0.287 e. The van der Waals surface area contributed by atoms with Crippen LogP contribution in [0.15, 0.2) is 36.4 Å². The first-order valence-electron chi connectivity index (χ1n) is 4.46. The molecule has 0 N–H and O–H groups in total. The van der Waals surface area contributed by atoms with Crippen LogP contribution in [-0.2, 0) is 0 Å². The van der Waals surface area contributed by atoms with Crippen LogP contribution in [0.25, 0.3) is 10.8 Å². The molecule has 0 bridgehead atoms. The van der Waals surface area contributed by atoms with Gasteiger partial charge in [-0.1, -0.05) is 24.3 Å². The van der Waals surface area contributed by atoms with Crippen molar-refractivity contribution < 1.29 is 9.05 Å². The molecular weight excluding hydrogens is 195 g/mol. The van der Waals surface area contributed by atoms with E-state index >= 15 is 0 Å². The number of hydrogen-bond acceptors (Lipinski definition) is 2. The van der Waals surface area contributed by atoms with E-state index in [1.807, 2.05) is 30.9 Å². The number of benzene rings is 2. The van der Waals surface area contributed by atoms with Gasteiger partial charge in [0.2, 0.25) is 0 Å². The van der Waals surface area contributed by atoms with E-state index in [2.05, 4.69) is 12.1 Å². The van der Waals surface area contributed by atoms with Crippen molar-refractivity contribution in [3.05, 3.63) is 36.4 Å². The van der Waals surface area contributed by atoms with E-state index in [1.165, 1.54) is 5.39 Å². The monoisotopic (exact) mass is 204 g/mol. The summed E-state index contributed by atoms with van der Waals surface area (Å²) in [5.41, 5.74) is 0. The Morgan fingerprint density at radius 1 is 0.929 bits per heavy atom. The van der Waals surface area contributed by atoms with Crippen molar-refractivity contribution in [3.8, 4) is 11.5 Å². The van der Waals surface area contributed by atoms with E-state index in [0.717, 1.165) is 16.9 Å². The molecule has 3 rings (SSSR count). The van der Waals surface area contributed by atoms with Crippen LogP contribution in [0.3, 0.4) is 0 Å². The summed E-state index contributed by atoms with van der Waals surface area (Å²) in [6, 6.07) is 12.1. The summed E-state index contributed by atoms with van der Waals surface area (Å²) >= 11 is 0. The molecule has 0 aromatic heterocycles. The Balaban J connectivity index is 2.40. The molecule has 0 saturated carbocycles. The zero-order valence-corrected chi connectivity index (χ0v) is 8.62. The van der Waals surface area contributed by atoms with E-state index in [4.69, 9.17) is 9.05 Å².